The van der Waals surface area contributed by atoms with Crippen molar-refractivity contribution in [3.8, 4) is 0 Å². The van der Waals surface area contributed by atoms with E-state index in [0.29, 0.717) is 16.8 Å². The molecular weight excluding hydrogens is 393 g/mol. The van der Waals surface area contributed by atoms with E-state index >= 15 is 0 Å². The Hall–Kier alpha value is -1.89. The SMILES string of the molecule is CC(C)OC(=O)c1cccc(NC(=O)c2ccc(I)cc2)c1. The highest BCUT2D eigenvalue weighted by Gasteiger charge is 2.11. The molecule has 2 aromatic carbocycles. The smallest absolute Gasteiger partial charge is 0.338 e. The fourth-order valence-electron chi connectivity index (χ4n) is 1.81. The number of anilines is 1. The van der Waals surface area contributed by atoms with Gasteiger partial charge in [0.05, 0.1) is 11.7 Å². The van der Waals surface area contributed by atoms with Crippen molar-refractivity contribution >= 4 is 40.2 Å². The quantitative estimate of drug-likeness (QED) is 0.611. The zero-order chi connectivity index (χ0) is 16.1. The van der Waals surface area contributed by atoms with Crippen LogP contribution in [0.1, 0.15) is 34.6 Å². The molecule has 22 heavy (non-hydrogen) atoms. The summed E-state index contributed by atoms with van der Waals surface area (Å²) in [6, 6.07) is 14.0. The second kappa shape index (κ2) is 7.40. The maximum Gasteiger partial charge on any atom is 0.338 e. The van der Waals surface area contributed by atoms with Crippen LogP contribution in [0.5, 0.6) is 0 Å². The van der Waals surface area contributed by atoms with Crippen molar-refractivity contribution in [2.24, 2.45) is 0 Å². The fraction of sp³-hybridized carbons (Fsp3) is 0.176. The Labute approximate surface area is 143 Å². The number of nitrogens with one attached hydrogen (secondary N) is 1. The van der Waals surface area contributed by atoms with Crippen LogP contribution in [0.3, 0.4) is 0 Å². The van der Waals surface area contributed by atoms with Crippen LogP contribution >= 0.6 is 22.6 Å². The topological polar surface area (TPSA) is 55.4 Å². The van der Waals surface area contributed by atoms with Gasteiger partial charge in [0.1, 0.15) is 0 Å². The van der Waals surface area contributed by atoms with Gasteiger partial charge in [0.15, 0.2) is 0 Å². The van der Waals surface area contributed by atoms with Crippen molar-refractivity contribution in [2.75, 3.05) is 5.32 Å². The predicted octanol–water partition coefficient (Wildman–Crippen LogP) is 4.11. The molecule has 0 saturated heterocycles. The Bertz CT molecular complexity index is 681. The van der Waals surface area contributed by atoms with Gasteiger partial charge in [-0.05, 0) is 78.9 Å². The molecule has 0 fully saturated rings. The van der Waals surface area contributed by atoms with Crippen LogP contribution in [0.4, 0.5) is 5.69 Å². The molecule has 4 nitrogen and oxygen atoms in total. The minimum Gasteiger partial charge on any atom is -0.459 e. The standard InChI is InChI=1S/C17H16INO3/c1-11(2)22-17(21)13-4-3-5-15(10-13)19-16(20)12-6-8-14(18)9-7-12/h3-11H,1-2H3,(H,19,20). The summed E-state index contributed by atoms with van der Waals surface area (Å²) in [4.78, 5) is 24.0. The summed E-state index contributed by atoms with van der Waals surface area (Å²) in [6.45, 7) is 3.58. The van der Waals surface area contributed by atoms with Gasteiger partial charge >= 0.3 is 5.97 Å². The number of carbonyl (C=O) groups excluding carboxylic acids is 2. The summed E-state index contributed by atoms with van der Waals surface area (Å²) in [5, 5.41) is 2.78. The van der Waals surface area contributed by atoms with E-state index in [1.807, 2.05) is 12.1 Å². The molecule has 114 valence electrons. The molecule has 0 unspecified atom stereocenters. The van der Waals surface area contributed by atoms with E-state index in [2.05, 4.69) is 27.9 Å². The molecule has 1 amide bonds. The molecule has 1 N–H and O–H groups in total. The summed E-state index contributed by atoms with van der Waals surface area (Å²) < 4.78 is 6.20. The van der Waals surface area contributed by atoms with E-state index in [-0.39, 0.29) is 12.0 Å². The molecule has 0 aliphatic heterocycles. The number of amides is 1. The number of benzene rings is 2. The lowest BCUT2D eigenvalue weighted by Crippen LogP contribution is -2.14. The molecule has 0 aliphatic rings. The maximum absolute atomic E-state index is 12.2. The van der Waals surface area contributed by atoms with Crippen LogP contribution in [0.15, 0.2) is 48.5 Å². The highest BCUT2D eigenvalue weighted by molar-refractivity contribution is 14.1. The second-order valence-corrected chi connectivity index (χ2v) is 6.24. The first-order valence-corrected chi connectivity index (χ1v) is 7.91. The lowest BCUT2D eigenvalue weighted by molar-refractivity contribution is 0.0378. The summed E-state index contributed by atoms with van der Waals surface area (Å²) in [6.07, 6.45) is -0.183. The highest BCUT2D eigenvalue weighted by atomic mass is 127. The van der Waals surface area contributed by atoms with Crippen molar-refractivity contribution in [3.63, 3.8) is 0 Å². The van der Waals surface area contributed by atoms with Gasteiger partial charge in [-0.15, -0.1) is 0 Å². The monoisotopic (exact) mass is 409 g/mol. The summed E-state index contributed by atoms with van der Waals surface area (Å²) in [7, 11) is 0. The van der Waals surface area contributed by atoms with Gasteiger partial charge < -0.3 is 10.1 Å². The Morgan fingerprint density at radius 1 is 1.05 bits per heavy atom. The molecule has 0 saturated carbocycles. The van der Waals surface area contributed by atoms with Gasteiger partial charge in [-0.2, -0.15) is 0 Å². The number of esters is 1. The molecule has 0 spiro atoms. The Morgan fingerprint density at radius 3 is 2.36 bits per heavy atom. The molecule has 0 aromatic heterocycles. The Morgan fingerprint density at radius 2 is 1.73 bits per heavy atom. The van der Waals surface area contributed by atoms with Gasteiger partial charge in [-0.3, -0.25) is 4.79 Å². The van der Waals surface area contributed by atoms with Crippen molar-refractivity contribution in [2.45, 2.75) is 20.0 Å². The zero-order valence-corrected chi connectivity index (χ0v) is 14.5. The van der Waals surface area contributed by atoms with Crippen molar-refractivity contribution in [1.82, 2.24) is 0 Å². The molecule has 0 bridgehead atoms. The predicted molar refractivity (Wildman–Crippen MR) is 94.1 cm³/mol. The van der Waals surface area contributed by atoms with Crippen LogP contribution in [0.25, 0.3) is 0 Å². The minimum absolute atomic E-state index is 0.183. The van der Waals surface area contributed by atoms with Crippen LogP contribution in [-0.2, 0) is 4.74 Å². The fourth-order valence-corrected chi connectivity index (χ4v) is 2.17. The molecule has 0 aliphatic carbocycles. The number of carbonyl (C=O) groups is 2. The van der Waals surface area contributed by atoms with Crippen molar-refractivity contribution in [1.29, 1.82) is 0 Å². The molecule has 0 heterocycles. The minimum atomic E-state index is -0.402. The van der Waals surface area contributed by atoms with Gasteiger partial charge in [-0.1, -0.05) is 6.07 Å². The van der Waals surface area contributed by atoms with Crippen LogP contribution < -0.4 is 5.32 Å². The lowest BCUT2D eigenvalue weighted by atomic mass is 10.1. The molecule has 0 radical (unpaired) electrons. The Kier molecular flexibility index (Phi) is 5.54. The summed E-state index contributed by atoms with van der Waals surface area (Å²) in [5.74, 6) is -0.619. The first-order chi connectivity index (χ1) is 10.5. The number of ether oxygens (including phenoxy) is 1. The van der Waals surface area contributed by atoms with Crippen LogP contribution in [0, 0.1) is 3.57 Å². The van der Waals surface area contributed by atoms with Crippen molar-refractivity contribution < 1.29 is 14.3 Å². The van der Waals surface area contributed by atoms with Gasteiger partial charge in [0, 0.05) is 14.8 Å². The average Bonchev–Trinajstić information content (AvgIpc) is 2.47. The van der Waals surface area contributed by atoms with E-state index in [1.165, 1.54) is 0 Å². The average molecular weight is 409 g/mol. The van der Waals surface area contributed by atoms with Crippen molar-refractivity contribution in [3.05, 3.63) is 63.2 Å². The van der Waals surface area contributed by atoms with E-state index in [9.17, 15) is 9.59 Å². The van der Waals surface area contributed by atoms with Crippen LogP contribution in [0.2, 0.25) is 0 Å². The van der Waals surface area contributed by atoms with E-state index in [1.54, 1.807) is 50.2 Å². The second-order valence-electron chi connectivity index (χ2n) is 5.00. The lowest BCUT2D eigenvalue weighted by Gasteiger charge is -2.10. The highest BCUT2D eigenvalue weighted by Crippen LogP contribution is 2.14. The molecule has 2 aromatic rings. The molecule has 5 heteroatoms. The molecular formula is C17H16INO3. The Balaban J connectivity index is 2.11. The summed E-state index contributed by atoms with van der Waals surface area (Å²) in [5.41, 5.74) is 1.53. The zero-order valence-electron chi connectivity index (χ0n) is 12.3. The van der Waals surface area contributed by atoms with E-state index in [0.717, 1.165) is 3.57 Å². The number of halogens is 1. The normalized spacial score (nSPS) is 10.4. The third kappa shape index (κ3) is 4.56. The maximum atomic E-state index is 12.2. The van der Waals surface area contributed by atoms with Gasteiger partial charge in [0.25, 0.3) is 5.91 Å². The molecule has 0 atom stereocenters. The first kappa shape index (κ1) is 16.5. The van der Waals surface area contributed by atoms with Gasteiger partial charge in [-0.25, -0.2) is 4.79 Å². The third-order valence-corrected chi connectivity index (χ3v) is 3.52. The number of rotatable bonds is 4. The first-order valence-electron chi connectivity index (χ1n) is 6.83. The molecule has 2 rings (SSSR count). The third-order valence-electron chi connectivity index (χ3n) is 2.81. The van der Waals surface area contributed by atoms with Gasteiger partial charge in [0.2, 0.25) is 0 Å². The number of hydrogen-bond donors (Lipinski definition) is 1. The van der Waals surface area contributed by atoms with Crippen LogP contribution in [-0.4, -0.2) is 18.0 Å². The summed E-state index contributed by atoms with van der Waals surface area (Å²) >= 11 is 2.18. The van der Waals surface area contributed by atoms with E-state index < -0.39 is 5.97 Å². The van der Waals surface area contributed by atoms with E-state index in [4.69, 9.17) is 4.74 Å². The largest absolute Gasteiger partial charge is 0.459 e. The number of hydrogen-bond acceptors (Lipinski definition) is 3.